The zero-order valence-electron chi connectivity index (χ0n) is 9.32. The number of amides is 1. The van der Waals surface area contributed by atoms with Gasteiger partial charge >= 0.3 is 0 Å². The highest BCUT2D eigenvalue weighted by Gasteiger charge is 2.16. The van der Waals surface area contributed by atoms with E-state index in [-0.39, 0.29) is 17.1 Å². The van der Waals surface area contributed by atoms with E-state index in [0.717, 1.165) is 0 Å². The van der Waals surface area contributed by atoms with E-state index in [2.05, 4.69) is 26.3 Å². The number of carbonyl (C=O) groups excluding carboxylic acids is 1. The molecule has 0 fully saturated rings. The standard InChI is InChI=1S/C11H9BrClN3O2/c1-16-5-7(12)10(15-16)11(18)14-8-4-6(13)2-3-9(8)17/h2-5,17H,1H3,(H,14,18). The Morgan fingerprint density at radius 1 is 1.56 bits per heavy atom. The number of aromatic nitrogens is 2. The molecule has 0 aliphatic heterocycles. The summed E-state index contributed by atoms with van der Waals surface area (Å²) in [6, 6.07) is 4.40. The first-order valence-electron chi connectivity index (χ1n) is 4.96. The summed E-state index contributed by atoms with van der Waals surface area (Å²) in [5, 5.41) is 16.6. The number of halogens is 2. The third-order valence-electron chi connectivity index (χ3n) is 2.21. The van der Waals surface area contributed by atoms with Gasteiger partial charge in [-0.1, -0.05) is 11.6 Å². The van der Waals surface area contributed by atoms with Gasteiger partial charge in [-0.2, -0.15) is 5.10 Å². The number of benzene rings is 1. The van der Waals surface area contributed by atoms with Crippen LogP contribution in [0.5, 0.6) is 5.75 Å². The molecule has 0 saturated carbocycles. The highest BCUT2D eigenvalue weighted by Crippen LogP contribution is 2.27. The number of aryl methyl sites for hydroxylation is 1. The van der Waals surface area contributed by atoms with Gasteiger partial charge in [0, 0.05) is 18.3 Å². The molecule has 1 aromatic carbocycles. The number of anilines is 1. The Morgan fingerprint density at radius 2 is 2.28 bits per heavy atom. The quantitative estimate of drug-likeness (QED) is 0.832. The van der Waals surface area contributed by atoms with Crippen molar-refractivity contribution in [3.8, 4) is 5.75 Å². The van der Waals surface area contributed by atoms with E-state index in [1.807, 2.05) is 0 Å². The number of rotatable bonds is 2. The molecule has 0 bridgehead atoms. The zero-order chi connectivity index (χ0) is 13.3. The summed E-state index contributed by atoms with van der Waals surface area (Å²) in [7, 11) is 1.71. The lowest BCUT2D eigenvalue weighted by atomic mass is 10.3. The molecule has 5 nitrogen and oxygen atoms in total. The van der Waals surface area contributed by atoms with Crippen LogP contribution in [0.4, 0.5) is 5.69 Å². The van der Waals surface area contributed by atoms with Crippen molar-refractivity contribution in [3.05, 3.63) is 39.6 Å². The average molecular weight is 331 g/mol. The monoisotopic (exact) mass is 329 g/mol. The van der Waals surface area contributed by atoms with Gasteiger partial charge in [0.2, 0.25) is 0 Å². The first kappa shape index (κ1) is 12.9. The maximum absolute atomic E-state index is 11.9. The van der Waals surface area contributed by atoms with E-state index < -0.39 is 5.91 Å². The number of phenols is 1. The molecule has 0 aliphatic rings. The van der Waals surface area contributed by atoms with E-state index in [0.29, 0.717) is 9.50 Å². The zero-order valence-corrected chi connectivity index (χ0v) is 11.7. The number of hydrogen-bond donors (Lipinski definition) is 2. The van der Waals surface area contributed by atoms with Gasteiger partial charge < -0.3 is 10.4 Å². The summed E-state index contributed by atoms with van der Waals surface area (Å²) in [5.41, 5.74) is 0.474. The SMILES string of the molecule is Cn1cc(Br)c(C(=O)Nc2cc(Cl)ccc2O)n1. The van der Waals surface area contributed by atoms with Gasteiger partial charge in [-0.25, -0.2) is 0 Å². The van der Waals surface area contributed by atoms with Crippen LogP contribution in [0, 0.1) is 0 Å². The van der Waals surface area contributed by atoms with Crippen molar-refractivity contribution in [2.75, 3.05) is 5.32 Å². The molecule has 0 unspecified atom stereocenters. The van der Waals surface area contributed by atoms with Crippen LogP contribution in [0.2, 0.25) is 5.02 Å². The van der Waals surface area contributed by atoms with E-state index >= 15 is 0 Å². The van der Waals surface area contributed by atoms with Gasteiger partial charge in [0.05, 0.1) is 10.2 Å². The van der Waals surface area contributed by atoms with Crippen molar-refractivity contribution in [1.29, 1.82) is 0 Å². The molecular formula is C11H9BrClN3O2. The first-order valence-corrected chi connectivity index (χ1v) is 6.13. The first-order chi connectivity index (χ1) is 8.47. The van der Waals surface area contributed by atoms with Gasteiger partial charge in [-0.15, -0.1) is 0 Å². The second-order valence-electron chi connectivity index (χ2n) is 3.61. The lowest BCUT2D eigenvalue weighted by Gasteiger charge is -2.06. The van der Waals surface area contributed by atoms with E-state index in [4.69, 9.17) is 11.6 Å². The smallest absolute Gasteiger partial charge is 0.277 e. The number of aromatic hydroxyl groups is 1. The Bertz CT molecular complexity index is 612. The fraction of sp³-hybridized carbons (Fsp3) is 0.0909. The summed E-state index contributed by atoms with van der Waals surface area (Å²) < 4.78 is 2.08. The molecule has 2 N–H and O–H groups in total. The molecule has 18 heavy (non-hydrogen) atoms. The lowest BCUT2D eigenvalue weighted by Crippen LogP contribution is -2.13. The normalized spacial score (nSPS) is 10.4. The summed E-state index contributed by atoms with van der Waals surface area (Å²) in [5.74, 6) is -0.486. The minimum Gasteiger partial charge on any atom is -0.506 e. The molecule has 1 heterocycles. The molecule has 1 aromatic heterocycles. The van der Waals surface area contributed by atoms with Gasteiger partial charge in [0.1, 0.15) is 5.75 Å². The minimum atomic E-state index is -0.431. The van der Waals surface area contributed by atoms with Crippen molar-refractivity contribution < 1.29 is 9.90 Å². The molecule has 0 aliphatic carbocycles. The van der Waals surface area contributed by atoms with Gasteiger partial charge in [-0.05, 0) is 34.1 Å². The molecule has 2 aromatic rings. The van der Waals surface area contributed by atoms with Crippen LogP contribution in [-0.2, 0) is 7.05 Å². The van der Waals surface area contributed by atoms with E-state index in [1.54, 1.807) is 13.2 Å². The molecule has 0 atom stereocenters. The van der Waals surface area contributed by atoms with Crippen molar-refractivity contribution in [3.63, 3.8) is 0 Å². The van der Waals surface area contributed by atoms with Crippen molar-refractivity contribution in [2.45, 2.75) is 0 Å². The Labute approximate surface area is 117 Å². The molecule has 94 valence electrons. The van der Waals surface area contributed by atoms with Gasteiger partial charge in [-0.3, -0.25) is 9.48 Å². The highest BCUT2D eigenvalue weighted by atomic mass is 79.9. The number of nitrogens with one attached hydrogen (secondary N) is 1. The average Bonchev–Trinajstić information content (AvgIpc) is 2.63. The molecule has 0 radical (unpaired) electrons. The van der Waals surface area contributed by atoms with Crippen LogP contribution >= 0.6 is 27.5 Å². The molecule has 2 rings (SSSR count). The van der Waals surface area contributed by atoms with Crippen molar-refractivity contribution >= 4 is 39.1 Å². The highest BCUT2D eigenvalue weighted by molar-refractivity contribution is 9.10. The van der Waals surface area contributed by atoms with Gasteiger partial charge in [0.15, 0.2) is 5.69 Å². The van der Waals surface area contributed by atoms with Gasteiger partial charge in [0.25, 0.3) is 5.91 Å². The second kappa shape index (κ2) is 4.99. The van der Waals surface area contributed by atoms with Crippen LogP contribution in [0.1, 0.15) is 10.5 Å². The molecule has 7 heteroatoms. The molecule has 1 amide bonds. The predicted octanol–water partition coefficient (Wildman–Crippen LogP) is 2.79. The fourth-order valence-electron chi connectivity index (χ4n) is 1.40. The van der Waals surface area contributed by atoms with Crippen LogP contribution in [0.3, 0.4) is 0 Å². The number of nitrogens with zero attached hydrogens (tertiary/aromatic N) is 2. The minimum absolute atomic E-state index is 0.0557. The Hall–Kier alpha value is -1.53. The predicted molar refractivity (Wildman–Crippen MR) is 72.0 cm³/mol. The summed E-state index contributed by atoms with van der Waals surface area (Å²) in [6.45, 7) is 0. The largest absolute Gasteiger partial charge is 0.506 e. The summed E-state index contributed by atoms with van der Waals surface area (Å²) in [6.07, 6.45) is 1.66. The molecule has 0 saturated heterocycles. The van der Waals surface area contributed by atoms with Crippen LogP contribution in [0.25, 0.3) is 0 Å². The van der Waals surface area contributed by atoms with Crippen molar-refractivity contribution in [2.24, 2.45) is 7.05 Å². The third-order valence-corrected chi connectivity index (χ3v) is 3.02. The lowest BCUT2D eigenvalue weighted by molar-refractivity contribution is 0.102. The van der Waals surface area contributed by atoms with E-state index in [1.165, 1.54) is 22.9 Å². The van der Waals surface area contributed by atoms with Crippen LogP contribution < -0.4 is 5.32 Å². The maximum atomic E-state index is 11.9. The number of carbonyl (C=O) groups is 1. The Kier molecular flexibility index (Phi) is 3.58. The summed E-state index contributed by atoms with van der Waals surface area (Å²) >= 11 is 9.02. The van der Waals surface area contributed by atoms with Crippen LogP contribution in [0.15, 0.2) is 28.9 Å². The Morgan fingerprint density at radius 3 is 2.89 bits per heavy atom. The maximum Gasteiger partial charge on any atom is 0.277 e. The van der Waals surface area contributed by atoms with E-state index in [9.17, 15) is 9.90 Å². The summed E-state index contributed by atoms with van der Waals surface area (Å²) in [4.78, 5) is 11.9. The van der Waals surface area contributed by atoms with Crippen LogP contribution in [-0.4, -0.2) is 20.8 Å². The van der Waals surface area contributed by atoms with Crippen molar-refractivity contribution in [1.82, 2.24) is 9.78 Å². The number of hydrogen-bond acceptors (Lipinski definition) is 3. The molecular weight excluding hydrogens is 321 g/mol. The second-order valence-corrected chi connectivity index (χ2v) is 4.91. The third kappa shape index (κ3) is 2.65. The topological polar surface area (TPSA) is 67.2 Å². The molecule has 0 spiro atoms. The fourth-order valence-corrected chi connectivity index (χ4v) is 2.13. The number of phenolic OH excluding ortho intramolecular Hbond substituents is 1. The Balaban J connectivity index is 2.26.